The topological polar surface area (TPSA) is 62.5 Å². The van der Waals surface area contributed by atoms with Crippen LogP contribution in [0.25, 0.3) is 16.2 Å². The molecular formula is C20H20ClN7S. The lowest BCUT2D eigenvalue weighted by atomic mass is 10.0. The Balaban J connectivity index is 1.35. The number of benzene rings is 1. The third kappa shape index (κ3) is 3.65. The van der Waals surface area contributed by atoms with Gasteiger partial charge in [-0.05, 0) is 37.1 Å². The molecule has 1 atom stereocenters. The van der Waals surface area contributed by atoms with Crippen LogP contribution in [0.5, 0.6) is 0 Å². The van der Waals surface area contributed by atoms with Gasteiger partial charge in [0.1, 0.15) is 0 Å². The first kappa shape index (κ1) is 18.3. The van der Waals surface area contributed by atoms with Crippen molar-refractivity contribution in [3.63, 3.8) is 0 Å². The van der Waals surface area contributed by atoms with Crippen LogP contribution in [0, 0.1) is 0 Å². The lowest BCUT2D eigenvalue weighted by molar-refractivity contribution is 0.483. The van der Waals surface area contributed by atoms with Gasteiger partial charge in [-0.1, -0.05) is 35.1 Å². The second-order valence-corrected chi connectivity index (χ2v) is 8.55. The number of anilines is 2. The SMILES string of the molecule is CN(c1nn2cc(-c3ccc(Cl)cc3)nc2s1)C1CCCN(c2cccnn2)C1. The molecule has 4 aromatic rings. The first-order chi connectivity index (χ1) is 14.2. The molecule has 1 fully saturated rings. The Kier molecular flexibility index (Phi) is 4.81. The van der Waals surface area contributed by atoms with Crippen molar-refractivity contribution in [2.24, 2.45) is 0 Å². The van der Waals surface area contributed by atoms with Gasteiger partial charge in [0.05, 0.1) is 11.9 Å². The summed E-state index contributed by atoms with van der Waals surface area (Å²) in [5, 5.41) is 14.7. The zero-order valence-electron chi connectivity index (χ0n) is 15.9. The third-order valence-electron chi connectivity index (χ3n) is 5.30. The van der Waals surface area contributed by atoms with E-state index in [0.29, 0.717) is 6.04 Å². The second-order valence-electron chi connectivity index (χ2n) is 7.18. The number of nitrogens with zero attached hydrogens (tertiary/aromatic N) is 7. The molecule has 1 unspecified atom stereocenters. The van der Waals surface area contributed by atoms with Gasteiger partial charge in [-0.2, -0.15) is 5.10 Å². The van der Waals surface area contributed by atoms with Gasteiger partial charge in [0.25, 0.3) is 0 Å². The van der Waals surface area contributed by atoms with E-state index in [1.807, 2.05) is 47.1 Å². The molecule has 9 heteroatoms. The Morgan fingerprint density at radius 2 is 2.07 bits per heavy atom. The standard InChI is InChI=1S/C20H20ClN7S/c1-26(16-4-3-11-27(12-16)18-5-2-10-22-24-18)20-25-28-13-17(23-19(28)29-20)14-6-8-15(21)9-7-14/h2,5-10,13,16H,3-4,11-12H2,1H3. The number of imidazole rings is 1. The van der Waals surface area contributed by atoms with Crippen molar-refractivity contribution in [2.45, 2.75) is 18.9 Å². The molecule has 4 heterocycles. The quantitative estimate of drug-likeness (QED) is 0.492. The Labute approximate surface area is 177 Å². The van der Waals surface area contributed by atoms with Gasteiger partial charge in [0, 0.05) is 43.0 Å². The smallest absolute Gasteiger partial charge is 0.214 e. The summed E-state index contributed by atoms with van der Waals surface area (Å²) in [7, 11) is 2.11. The van der Waals surface area contributed by atoms with Gasteiger partial charge in [-0.3, -0.25) is 0 Å². The van der Waals surface area contributed by atoms with E-state index in [4.69, 9.17) is 21.7 Å². The summed E-state index contributed by atoms with van der Waals surface area (Å²) in [5.41, 5.74) is 1.94. The van der Waals surface area contributed by atoms with Crippen LogP contribution in [0.15, 0.2) is 48.8 Å². The monoisotopic (exact) mass is 425 g/mol. The average molecular weight is 426 g/mol. The van der Waals surface area contributed by atoms with Crippen molar-refractivity contribution in [1.82, 2.24) is 24.8 Å². The van der Waals surface area contributed by atoms with Crippen molar-refractivity contribution in [3.05, 3.63) is 53.8 Å². The van der Waals surface area contributed by atoms with Gasteiger partial charge in [-0.25, -0.2) is 9.50 Å². The highest BCUT2D eigenvalue weighted by Crippen LogP contribution is 2.30. The van der Waals surface area contributed by atoms with Crippen LogP contribution in [0.3, 0.4) is 0 Å². The van der Waals surface area contributed by atoms with E-state index in [0.717, 1.165) is 58.1 Å². The molecule has 0 bridgehead atoms. The maximum absolute atomic E-state index is 5.98. The van der Waals surface area contributed by atoms with E-state index in [9.17, 15) is 0 Å². The maximum atomic E-state index is 5.98. The molecule has 0 spiro atoms. The lowest BCUT2D eigenvalue weighted by Crippen LogP contribution is -2.47. The van der Waals surface area contributed by atoms with Crippen LogP contribution >= 0.6 is 22.9 Å². The zero-order valence-corrected chi connectivity index (χ0v) is 17.5. The van der Waals surface area contributed by atoms with Gasteiger partial charge >= 0.3 is 0 Å². The van der Waals surface area contributed by atoms with Crippen LogP contribution in [-0.2, 0) is 0 Å². The fourth-order valence-corrected chi connectivity index (χ4v) is 4.73. The molecule has 1 aromatic carbocycles. The highest BCUT2D eigenvalue weighted by Gasteiger charge is 2.26. The van der Waals surface area contributed by atoms with Crippen molar-refractivity contribution in [1.29, 1.82) is 0 Å². The van der Waals surface area contributed by atoms with Crippen LogP contribution in [0.4, 0.5) is 10.9 Å². The number of halogens is 1. The minimum Gasteiger partial charge on any atom is -0.353 e. The zero-order chi connectivity index (χ0) is 19.8. The minimum atomic E-state index is 0.373. The Morgan fingerprint density at radius 1 is 1.21 bits per heavy atom. The number of hydrogen-bond donors (Lipinski definition) is 0. The van der Waals surface area contributed by atoms with Crippen molar-refractivity contribution in [2.75, 3.05) is 29.9 Å². The van der Waals surface area contributed by atoms with E-state index in [1.54, 1.807) is 17.5 Å². The van der Waals surface area contributed by atoms with Crippen LogP contribution < -0.4 is 9.80 Å². The Hall–Kier alpha value is -2.71. The molecule has 0 N–H and O–H groups in total. The molecular weight excluding hydrogens is 406 g/mol. The summed E-state index contributed by atoms with van der Waals surface area (Å²) in [4.78, 5) is 10.2. The molecule has 7 nitrogen and oxygen atoms in total. The molecule has 0 amide bonds. The van der Waals surface area contributed by atoms with Gasteiger partial charge < -0.3 is 9.80 Å². The number of hydrogen-bond acceptors (Lipinski definition) is 7. The second kappa shape index (κ2) is 7.61. The molecule has 1 saturated heterocycles. The first-order valence-electron chi connectivity index (χ1n) is 9.55. The van der Waals surface area contributed by atoms with Crippen molar-refractivity contribution in [3.8, 4) is 11.3 Å². The normalized spacial score (nSPS) is 17.0. The molecule has 1 aliphatic heterocycles. The number of rotatable bonds is 4. The molecule has 5 rings (SSSR count). The van der Waals surface area contributed by atoms with Crippen molar-refractivity contribution < 1.29 is 0 Å². The van der Waals surface area contributed by atoms with E-state index < -0.39 is 0 Å². The number of piperidine rings is 1. The highest BCUT2D eigenvalue weighted by atomic mass is 35.5. The molecule has 3 aromatic heterocycles. The summed E-state index contributed by atoms with van der Waals surface area (Å²) in [5.74, 6) is 0.937. The third-order valence-corrected chi connectivity index (χ3v) is 6.57. The van der Waals surface area contributed by atoms with Gasteiger partial charge in [0.2, 0.25) is 10.1 Å². The molecule has 148 valence electrons. The van der Waals surface area contributed by atoms with Gasteiger partial charge in [-0.15, -0.1) is 10.2 Å². The fourth-order valence-electron chi connectivity index (χ4n) is 3.69. The number of fused-ring (bicyclic) bond motifs is 1. The predicted molar refractivity (Wildman–Crippen MR) is 117 cm³/mol. The molecule has 1 aliphatic rings. The van der Waals surface area contributed by atoms with Crippen molar-refractivity contribution >= 4 is 38.8 Å². The Bertz CT molecular complexity index is 1080. The first-order valence-corrected chi connectivity index (χ1v) is 10.7. The summed E-state index contributed by atoms with van der Waals surface area (Å²) >= 11 is 7.59. The van der Waals surface area contributed by atoms with E-state index >= 15 is 0 Å². The van der Waals surface area contributed by atoms with E-state index in [1.165, 1.54) is 0 Å². The Morgan fingerprint density at radius 3 is 2.83 bits per heavy atom. The highest BCUT2D eigenvalue weighted by molar-refractivity contribution is 7.20. The minimum absolute atomic E-state index is 0.373. The summed E-state index contributed by atoms with van der Waals surface area (Å²) in [6.07, 6.45) is 5.93. The van der Waals surface area contributed by atoms with Gasteiger partial charge in [0.15, 0.2) is 5.82 Å². The van der Waals surface area contributed by atoms with Crippen LogP contribution in [0.2, 0.25) is 5.02 Å². The lowest BCUT2D eigenvalue weighted by Gasteiger charge is -2.37. The number of aromatic nitrogens is 5. The summed E-state index contributed by atoms with van der Waals surface area (Å²) < 4.78 is 1.86. The summed E-state index contributed by atoms with van der Waals surface area (Å²) in [6, 6.07) is 12.0. The molecule has 0 radical (unpaired) electrons. The predicted octanol–water partition coefficient (Wildman–Crippen LogP) is 4.01. The fraction of sp³-hybridized carbons (Fsp3) is 0.300. The van der Waals surface area contributed by atoms with E-state index in [-0.39, 0.29) is 0 Å². The average Bonchev–Trinajstić information content (AvgIpc) is 3.34. The molecule has 29 heavy (non-hydrogen) atoms. The van der Waals surface area contributed by atoms with Crippen LogP contribution in [0.1, 0.15) is 12.8 Å². The largest absolute Gasteiger partial charge is 0.353 e. The maximum Gasteiger partial charge on any atom is 0.214 e. The molecule has 0 aliphatic carbocycles. The molecule has 0 saturated carbocycles. The number of likely N-dealkylation sites (N-methyl/N-ethyl adjacent to an activating group) is 1. The van der Waals surface area contributed by atoms with E-state index in [2.05, 4.69) is 27.0 Å². The summed E-state index contributed by atoms with van der Waals surface area (Å²) in [6.45, 7) is 1.92. The van der Waals surface area contributed by atoms with Crippen LogP contribution in [-0.4, -0.2) is 51.0 Å².